The Bertz CT molecular complexity index is 1410. The third-order valence-corrected chi connectivity index (χ3v) is 5.65. The summed E-state index contributed by atoms with van der Waals surface area (Å²) in [6, 6.07) is 17.6. The van der Waals surface area contributed by atoms with Gasteiger partial charge in [0, 0.05) is 27.8 Å². The lowest BCUT2D eigenvalue weighted by atomic mass is 10.1. The molecule has 0 radical (unpaired) electrons. The molecule has 2 aromatic carbocycles. The van der Waals surface area contributed by atoms with Gasteiger partial charge in [-0.1, -0.05) is 51.8 Å². The summed E-state index contributed by atoms with van der Waals surface area (Å²) >= 11 is 3.53. The summed E-state index contributed by atoms with van der Waals surface area (Å²) in [5.74, 6) is -0.284. The normalized spacial score (nSPS) is 11.1. The largest absolute Gasteiger partial charge is 0.320 e. The molecule has 0 bridgehead atoms. The molecule has 0 atom stereocenters. The maximum atomic E-state index is 13.1. The third kappa shape index (κ3) is 3.13. The number of carbonyl (C=O) groups excluding carboxylic acids is 1. The summed E-state index contributed by atoms with van der Waals surface area (Å²) in [6.45, 7) is 2.04. The summed E-state index contributed by atoms with van der Waals surface area (Å²) in [7, 11) is 0. The third-order valence-electron chi connectivity index (χ3n) is 4.96. The van der Waals surface area contributed by atoms with Gasteiger partial charge in [-0.05, 0) is 31.2 Å². The number of fused-ring (bicyclic) bond motifs is 2. The zero-order valence-electron chi connectivity index (χ0n) is 16.0. The minimum Gasteiger partial charge on any atom is -0.320 e. The summed E-state index contributed by atoms with van der Waals surface area (Å²) in [6.07, 6.45) is 4.94. The van der Waals surface area contributed by atoms with Gasteiger partial charge in [0.2, 0.25) is 0 Å². The van der Waals surface area contributed by atoms with Crippen LogP contribution < -0.4 is 5.32 Å². The number of hydrogen-bond donors (Lipinski definition) is 1. The lowest BCUT2D eigenvalue weighted by Gasteiger charge is -2.09. The molecule has 0 unspecified atom stereocenters. The van der Waals surface area contributed by atoms with E-state index in [1.165, 1.54) is 5.56 Å². The van der Waals surface area contributed by atoms with Crippen LogP contribution in [-0.4, -0.2) is 25.5 Å². The molecule has 7 heteroatoms. The first-order chi connectivity index (χ1) is 14.6. The SMILES string of the molecule is Cc1ccc(-c2ccnc3c(C(=O)Nc4ccc(Br)c5cccnc45)cnn23)cc1. The first kappa shape index (κ1) is 18.4. The van der Waals surface area contributed by atoms with Crippen molar-refractivity contribution in [2.45, 2.75) is 6.92 Å². The van der Waals surface area contributed by atoms with Crippen molar-refractivity contribution in [1.82, 2.24) is 19.6 Å². The standard InChI is InChI=1S/C23H16BrN5O/c1-14-4-6-15(7-5-14)20-10-12-26-22-17(13-27-29(20)22)23(30)28-19-9-8-18(24)16-3-2-11-25-21(16)19/h2-13H,1H3,(H,28,30). The summed E-state index contributed by atoms with van der Waals surface area (Å²) in [5, 5.41) is 8.31. The zero-order chi connectivity index (χ0) is 20.7. The molecule has 5 rings (SSSR count). The molecule has 0 aliphatic heterocycles. The average molecular weight is 458 g/mol. The van der Waals surface area contributed by atoms with E-state index in [0.29, 0.717) is 22.4 Å². The van der Waals surface area contributed by atoms with Crippen molar-refractivity contribution < 1.29 is 4.79 Å². The number of pyridine rings is 1. The Hall–Kier alpha value is -3.58. The molecule has 30 heavy (non-hydrogen) atoms. The van der Waals surface area contributed by atoms with E-state index in [-0.39, 0.29) is 5.91 Å². The number of halogens is 1. The van der Waals surface area contributed by atoms with Gasteiger partial charge >= 0.3 is 0 Å². The number of anilines is 1. The van der Waals surface area contributed by atoms with Crippen LogP contribution in [0.3, 0.4) is 0 Å². The molecular weight excluding hydrogens is 442 g/mol. The van der Waals surface area contributed by atoms with Crippen molar-refractivity contribution in [2.24, 2.45) is 0 Å². The second-order valence-corrected chi connectivity index (χ2v) is 7.79. The lowest BCUT2D eigenvalue weighted by molar-refractivity contribution is 0.102. The fourth-order valence-electron chi connectivity index (χ4n) is 3.42. The number of carbonyl (C=O) groups is 1. The van der Waals surface area contributed by atoms with Gasteiger partial charge in [0.05, 0.1) is 23.1 Å². The van der Waals surface area contributed by atoms with E-state index in [4.69, 9.17) is 0 Å². The monoisotopic (exact) mass is 457 g/mol. The molecule has 5 aromatic rings. The number of benzene rings is 2. The van der Waals surface area contributed by atoms with Crippen LogP contribution >= 0.6 is 15.9 Å². The van der Waals surface area contributed by atoms with Crippen LogP contribution in [0, 0.1) is 6.92 Å². The van der Waals surface area contributed by atoms with E-state index in [0.717, 1.165) is 21.1 Å². The Labute approximate surface area is 180 Å². The van der Waals surface area contributed by atoms with Crippen LogP contribution in [0.2, 0.25) is 0 Å². The summed E-state index contributed by atoms with van der Waals surface area (Å²) < 4.78 is 2.61. The van der Waals surface area contributed by atoms with Crippen LogP contribution in [-0.2, 0) is 0 Å². The summed E-state index contributed by atoms with van der Waals surface area (Å²) in [5.41, 5.74) is 5.30. The molecule has 0 aliphatic rings. The van der Waals surface area contributed by atoms with Gasteiger partial charge in [-0.2, -0.15) is 5.10 Å². The maximum Gasteiger partial charge on any atom is 0.261 e. The van der Waals surface area contributed by atoms with Gasteiger partial charge in [-0.3, -0.25) is 9.78 Å². The van der Waals surface area contributed by atoms with Gasteiger partial charge in [0.25, 0.3) is 5.91 Å². The van der Waals surface area contributed by atoms with Gasteiger partial charge in [-0.15, -0.1) is 0 Å². The summed E-state index contributed by atoms with van der Waals surface area (Å²) in [4.78, 5) is 21.9. The molecule has 3 heterocycles. The Kier molecular flexibility index (Phi) is 4.52. The van der Waals surface area contributed by atoms with E-state index in [1.54, 1.807) is 23.1 Å². The van der Waals surface area contributed by atoms with Crippen LogP contribution in [0.25, 0.3) is 27.8 Å². The molecule has 0 aliphatic carbocycles. The van der Waals surface area contributed by atoms with E-state index in [2.05, 4.69) is 36.3 Å². The number of nitrogens with one attached hydrogen (secondary N) is 1. The molecule has 0 saturated carbocycles. The van der Waals surface area contributed by atoms with Crippen LogP contribution in [0.1, 0.15) is 15.9 Å². The highest BCUT2D eigenvalue weighted by Crippen LogP contribution is 2.29. The predicted octanol–water partition coefficient (Wildman–Crippen LogP) is 5.27. The zero-order valence-corrected chi connectivity index (χ0v) is 17.6. The average Bonchev–Trinajstić information content (AvgIpc) is 3.21. The molecule has 0 fully saturated rings. The fraction of sp³-hybridized carbons (Fsp3) is 0.0435. The first-order valence-electron chi connectivity index (χ1n) is 9.36. The van der Waals surface area contributed by atoms with Gasteiger partial charge in [0.1, 0.15) is 5.56 Å². The highest BCUT2D eigenvalue weighted by Gasteiger charge is 2.18. The fourth-order valence-corrected chi connectivity index (χ4v) is 3.88. The number of amides is 1. The Balaban J connectivity index is 1.55. The van der Waals surface area contributed by atoms with Crippen LogP contribution in [0.15, 0.2) is 77.7 Å². The second kappa shape index (κ2) is 7.35. The van der Waals surface area contributed by atoms with Crippen molar-refractivity contribution in [1.29, 1.82) is 0 Å². The number of rotatable bonds is 3. The van der Waals surface area contributed by atoms with Crippen molar-refractivity contribution in [3.05, 3.63) is 88.8 Å². The van der Waals surface area contributed by atoms with Crippen molar-refractivity contribution in [2.75, 3.05) is 5.32 Å². The van der Waals surface area contributed by atoms with Crippen LogP contribution in [0.4, 0.5) is 5.69 Å². The molecule has 146 valence electrons. The second-order valence-electron chi connectivity index (χ2n) is 6.94. The Morgan fingerprint density at radius 3 is 2.67 bits per heavy atom. The number of aromatic nitrogens is 4. The minimum atomic E-state index is -0.284. The van der Waals surface area contributed by atoms with E-state index < -0.39 is 0 Å². The Morgan fingerprint density at radius 2 is 1.83 bits per heavy atom. The van der Waals surface area contributed by atoms with Gasteiger partial charge < -0.3 is 5.32 Å². The van der Waals surface area contributed by atoms with E-state index >= 15 is 0 Å². The number of aryl methyl sites for hydroxylation is 1. The molecule has 1 amide bonds. The van der Waals surface area contributed by atoms with Crippen molar-refractivity contribution in [3.63, 3.8) is 0 Å². The van der Waals surface area contributed by atoms with E-state index in [1.807, 2.05) is 61.5 Å². The highest BCUT2D eigenvalue weighted by atomic mass is 79.9. The molecule has 3 aromatic heterocycles. The first-order valence-corrected chi connectivity index (χ1v) is 10.2. The maximum absolute atomic E-state index is 13.1. The predicted molar refractivity (Wildman–Crippen MR) is 121 cm³/mol. The smallest absolute Gasteiger partial charge is 0.261 e. The molecule has 0 saturated heterocycles. The quantitative estimate of drug-likeness (QED) is 0.400. The highest BCUT2D eigenvalue weighted by molar-refractivity contribution is 9.10. The number of nitrogens with zero attached hydrogens (tertiary/aromatic N) is 4. The topological polar surface area (TPSA) is 72.2 Å². The minimum absolute atomic E-state index is 0.284. The van der Waals surface area contributed by atoms with Gasteiger partial charge in [0.15, 0.2) is 5.65 Å². The van der Waals surface area contributed by atoms with Crippen molar-refractivity contribution >= 4 is 44.1 Å². The molecule has 1 N–H and O–H groups in total. The molecular formula is C23H16BrN5O. The van der Waals surface area contributed by atoms with Gasteiger partial charge in [-0.25, -0.2) is 9.50 Å². The van der Waals surface area contributed by atoms with Crippen molar-refractivity contribution in [3.8, 4) is 11.3 Å². The Morgan fingerprint density at radius 1 is 1.00 bits per heavy atom. The number of hydrogen-bond acceptors (Lipinski definition) is 4. The molecule has 6 nitrogen and oxygen atoms in total. The lowest BCUT2D eigenvalue weighted by Crippen LogP contribution is -2.12. The van der Waals surface area contributed by atoms with E-state index in [9.17, 15) is 4.79 Å². The molecule has 0 spiro atoms. The van der Waals surface area contributed by atoms with Crippen LogP contribution in [0.5, 0.6) is 0 Å².